The predicted molar refractivity (Wildman–Crippen MR) is 157 cm³/mol. The van der Waals surface area contributed by atoms with Crippen LogP contribution >= 0.6 is 23.2 Å². The van der Waals surface area contributed by atoms with E-state index in [0.717, 1.165) is 11.1 Å². The van der Waals surface area contributed by atoms with Crippen LogP contribution in [0.3, 0.4) is 0 Å². The molecule has 4 aromatic rings. The van der Waals surface area contributed by atoms with Gasteiger partial charge in [-0.15, -0.1) is 0 Å². The highest BCUT2D eigenvalue weighted by atomic mass is 35.5. The van der Waals surface area contributed by atoms with Crippen molar-refractivity contribution in [3.8, 4) is 5.75 Å². The van der Waals surface area contributed by atoms with E-state index >= 15 is 0 Å². The number of halogens is 2. The maximum Gasteiger partial charge on any atom is 0.347 e. The van der Waals surface area contributed by atoms with Crippen molar-refractivity contribution >= 4 is 40.8 Å². The number of rotatable bonds is 7. The minimum Gasteiger partial charge on any atom is -0.478 e. The van der Waals surface area contributed by atoms with E-state index in [-0.39, 0.29) is 19.0 Å². The van der Waals surface area contributed by atoms with Gasteiger partial charge in [0.25, 0.3) is 0 Å². The maximum absolute atomic E-state index is 13.8. The van der Waals surface area contributed by atoms with Gasteiger partial charge in [-0.3, -0.25) is 10.1 Å². The van der Waals surface area contributed by atoms with Crippen molar-refractivity contribution in [1.82, 2.24) is 5.32 Å². The van der Waals surface area contributed by atoms with Gasteiger partial charge in [-0.05, 0) is 54.8 Å². The van der Waals surface area contributed by atoms with Crippen molar-refractivity contribution < 1.29 is 19.4 Å². The number of fused-ring (bicyclic) bond motifs is 1. The first-order valence-corrected chi connectivity index (χ1v) is 13.6. The van der Waals surface area contributed by atoms with E-state index in [1.165, 1.54) is 0 Å². The van der Waals surface area contributed by atoms with Crippen molar-refractivity contribution in [2.24, 2.45) is 0 Å². The Morgan fingerprint density at radius 1 is 0.975 bits per heavy atom. The Kier molecular flexibility index (Phi) is 7.86. The Morgan fingerprint density at radius 3 is 2.35 bits per heavy atom. The number of carboxylic acids is 1. The molecule has 2 atom stereocenters. The quantitative estimate of drug-likeness (QED) is 0.262. The number of nitrogens with zero attached hydrogens (tertiary/aromatic N) is 1. The summed E-state index contributed by atoms with van der Waals surface area (Å²) in [5.74, 6) is -0.989. The third kappa shape index (κ3) is 5.06. The van der Waals surface area contributed by atoms with Crippen LogP contribution in [0.5, 0.6) is 5.75 Å². The number of carbonyl (C=O) groups is 2. The van der Waals surface area contributed by atoms with Crippen molar-refractivity contribution in [2.45, 2.75) is 32.0 Å². The summed E-state index contributed by atoms with van der Waals surface area (Å²) in [6.07, 6.45) is -1.44. The average molecular weight is 575 g/mol. The molecule has 6 nitrogen and oxygen atoms in total. The third-order valence-corrected chi connectivity index (χ3v) is 7.96. The average Bonchev–Trinajstić information content (AvgIpc) is 3.06. The largest absolute Gasteiger partial charge is 0.478 e. The van der Waals surface area contributed by atoms with Crippen LogP contribution in [0.2, 0.25) is 10.0 Å². The van der Waals surface area contributed by atoms with Crippen LogP contribution in [0.25, 0.3) is 0 Å². The van der Waals surface area contributed by atoms with Crippen molar-refractivity contribution in [3.63, 3.8) is 0 Å². The van der Waals surface area contributed by atoms with Gasteiger partial charge in [0.15, 0.2) is 0 Å². The molecular formula is C32H28Cl2N2O4. The summed E-state index contributed by atoms with van der Waals surface area (Å²) in [5.41, 5.74) is 2.65. The van der Waals surface area contributed by atoms with E-state index in [2.05, 4.69) is 5.32 Å². The van der Waals surface area contributed by atoms with Crippen LogP contribution in [0.4, 0.5) is 5.69 Å². The molecule has 204 valence electrons. The molecule has 40 heavy (non-hydrogen) atoms. The van der Waals surface area contributed by atoms with Gasteiger partial charge >= 0.3 is 5.97 Å². The van der Waals surface area contributed by atoms with Crippen LogP contribution in [0, 0.1) is 13.8 Å². The summed E-state index contributed by atoms with van der Waals surface area (Å²) in [6.45, 7) is 3.74. The molecule has 5 rings (SSSR count). The van der Waals surface area contributed by atoms with Crippen molar-refractivity contribution in [3.05, 3.63) is 129 Å². The van der Waals surface area contributed by atoms with Crippen molar-refractivity contribution in [1.29, 1.82) is 0 Å². The van der Waals surface area contributed by atoms with Gasteiger partial charge in [0.2, 0.25) is 12.0 Å². The van der Waals surface area contributed by atoms with Crippen LogP contribution < -0.4 is 15.0 Å². The minimum atomic E-state index is -1.44. The first kappa shape index (κ1) is 27.7. The molecule has 1 heterocycles. The zero-order chi connectivity index (χ0) is 28.4. The molecule has 0 aromatic heterocycles. The predicted octanol–water partition coefficient (Wildman–Crippen LogP) is 6.52. The first-order valence-electron chi connectivity index (χ1n) is 12.8. The molecule has 0 aliphatic carbocycles. The Labute approximate surface area is 243 Å². The van der Waals surface area contributed by atoms with Gasteiger partial charge in [0.05, 0.1) is 13.1 Å². The van der Waals surface area contributed by atoms with Gasteiger partial charge in [0.1, 0.15) is 11.3 Å². The molecular weight excluding hydrogens is 547 g/mol. The van der Waals surface area contributed by atoms with Crippen LogP contribution in [-0.4, -0.2) is 29.6 Å². The number of carbonyl (C=O) groups excluding carboxylic acids is 1. The summed E-state index contributed by atoms with van der Waals surface area (Å²) in [6, 6.07) is 27.4. The van der Waals surface area contributed by atoms with E-state index in [0.29, 0.717) is 38.2 Å². The zero-order valence-electron chi connectivity index (χ0n) is 22.0. The van der Waals surface area contributed by atoms with E-state index in [9.17, 15) is 14.7 Å². The normalized spacial score (nSPS) is 17.6. The lowest BCUT2D eigenvalue weighted by molar-refractivity contribution is -0.149. The fourth-order valence-corrected chi connectivity index (χ4v) is 5.74. The molecule has 1 aliphatic rings. The molecule has 8 heteroatoms. The fraction of sp³-hybridized carbons (Fsp3) is 0.188. The number of anilines is 1. The third-order valence-electron chi connectivity index (χ3n) is 7.25. The molecule has 0 spiro atoms. The second-order valence-corrected chi connectivity index (χ2v) is 10.6. The highest BCUT2D eigenvalue weighted by molar-refractivity contribution is 6.36. The van der Waals surface area contributed by atoms with Gasteiger partial charge in [0, 0.05) is 26.9 Å². The second kappa shape index (κ2) is 11.3. The Morgan fingerprint density at radius 2 is 1.65 bits per heavy atom. The van der Waals surface area contributed by atoms with E-state index in [1.54, 1.807) is 29.2 Å². The number of aliphatic carboxylic acids is 1. The molecule has 0 saturated heterocycles. The number of carboxylic acid groups (broad SMARTS) is 1. The van der Waals surface area contributed by atoms with E-state index < -0.39 is 17.6 Å². The van der Waals surface area contributed by atoms with Crippen LogP contribution in [0.1, 0.15) is 27.8 Å². The number of amides is 1. The molecule has 0 radical (unpaired) electrons. The number of hydrogen-bond acceptors (Lipinski definition) is 4. The summed E-state index contributed by atoms with van der Waals surface area (Å²) < 4.78 is 6.39. The van der Waals surface area contributed by atoms with E-state index in [1.807, 2.05) is 80.6 Å². The van der Waals surface area contributed by atoms with E-state index in [4.69, 9.17) is 27.9 Å². The Hall–Kier alpha value is -3.84. The molecule has 4 aromatic carbocycles. The van der Waals surface area contributed by atoms with Crippen LogP contribution in [-0.2, 0) is 21.7 Å². The standard InChI is InChI=1S/C32H28Cl2N2O4/c1-20-15-16-21(2)28(17-20)40-30(31(38)39)32(22-9-4-3-5-10-22)24-11-6-7-14-27(24)36(29(37)18-35-32)19-23-25(33)12-8-13-26(23)34/h3-17,30,35H,18-19H2,1-2H3,(H,38,39)/t30-,32+/m1/s1. The number of aryl methyl sites for hydroxylation is 2. The second-order valence-electron chi connectivity index (χ2n) is 9.83. The fourth-order valence-electron chi connectivity index (χ4n) is 5.23. The molecule has 0 unspecified atom stereocenters. The molecule has 2 N–H and O–H groups in total. The topological polar surface area (TPSA) is 78.9 Å². The van der Waals surface area contributed by atoms with Crippen molar-refractivity contribution in [2.75, 3.05) is 11.4 Å². The molecule has 1 aliphatic heterocycles. The smallest absolute Gasteiger partial charge is 0.347 e. The van der Waals surface area contributed by atoms with Gasteiger partial charge in [-0.2, -0.15) is 0 Å². The van der Waals surface area contributed by atoms with Gasteiger partial charge in [-0.1, -0.05) is 89.9 Å². The van der Waals surface area contributed by atoms with Crippen LogP contribution in [0.15, 0.2) is 91.0 Å². The lowest BCUT2D eigenvalue weighted by atomic mass is 9.77. The first-order chi connectivity index (χ1) is 19.2. The number of benzene rings is 4. The molecule has 0 fully saturated rings. The lowest BCUT2D eigenvalue weighted by Gasteiger charge is -2.40. The minimum absolute atomic E-state index is 0.108. The number of para-hydroxylation sites is 1. The number of nitrogens with one attached hydrogen (secondary N) is 1. The summed E-state index contributed by atoms with van der Waals surface area (Å²) in [4.78, 5) is 28.5. The monoisotopic (exact) mass is 574 g/mol. The SMILES string of the molecule is Cc1ccc(C)c(O[C@H](C(=O)O)[C@@]2(c3ccccc3)NCC(=O)N(Cc3c(Cl)cccc3Cl)c3ccccc32)c1. The zero-order valence-corrected chi connectivity index (χ0v) is 23.5. The summed E-state index contributed by atoms with van der Waals surface area (Å²) in [5, 5.41) is 14.9. The molecule has 1 amide bonds. The highest BCUT2D eigenvalue weighted by Gasteiger charge is 2.52. The van der Waals surface area contributed by atoms with Gasteiger partial charge in [-0.25, -0.2) is 4.79 Å². The molecule has 0 bridgehead atoms. The summed E-state index contributed by atoms with van der Waals surface area (Å²) in [7, 11) is 0. The molecule has 0 saturated carbocycles. The summed E-state index contributed by atoms with van der Waals surface area (Å²) >= 11 is 13.0. The maximum atomic E-state index is 13.8. The Balaban J connectivity index is 1.74. The number of hydrogen-bond donors (Lipinski definition) is 2. The number of ether oxygens (including phenoxy) is 1. The van der Waals surface area contributed by atoms with Gasteiger partial charge < -0.3 is 14.7 Å². The Bertz CT molecular complexity index is 1560. The highest BCUT2D eigenvalue weighted by Crippen LogP contribution is 2.43. The lowest BCUT2D eigenvalue weighted by Crippen LogP contribution is -2.58.